The predicted molar refractivity (Wildman–Crippen MR) is 85.7 cm³/mol. The maximum Gasteiger partial charge on any atom is 0.353 e. The van der Waals surface area contributed by atoms with Crippen molar-refractivity contribution in [3.05, 3.63) is 46.6 Å². The van der Waals surface area contributed by atoms with Crippen LogP contribution in [0.2, 0.25) is 0 Å². The van der Waals surface area contributed by atoms with E-state index in [1.807, 2.05) is 30.3 Å². The molecule has 0 radical (unpaired) electrons. The van der Waals surface area contributed by atoms with Crippen molar-refractivity contribution < 1.29 is 19.5 Å². The summed E-state index contributed by atoms with van der Waals surface area (Å²) in [5.74, 6) is -1.64. The second kappa shape index (κ2) is 6.25. The van der Waals surface area contributed by atoms with E-state index in [1.54, 1.807) is 0 Å². The number of hydrogen-bond acceptors (Lipinski definition) is 4. The van der Waals surface area contributed by atoms with Gasteiger partial charge >= 0.3 is 5.97 Å². The Balaban J connectivity index is 1.67. The molecular weight excluding hydrogens is 340 g/mol. The van der Waals surface area contributed by atoms with Crippen molar-refractivity contribution in [2.24, 2.45) is 0 Å². The summed E-state index contributed by atoms with van der Waals surface area (Å²) >= 11 is 7.23. The molecule has 0 aliphatic carbocycles. The Morgan fingerprint density at radius 2 is 2.04 bits per heavy atom. The van der Waals surface area contributed by atoms with Crippen molar-refractivity contribution in [3.8, 4) is 0 Å². The van der Waals surface area contributed by atoms with Crippen LogP contribution in [0.3, 0.4) is 0 Å². The highest BCUT2D eigenvalue weighted by Gasteiger charge is 2.54. The second-order valence-electron chi connectivity index (χ2n) is 5.18. The molecule has 0 spiro atoms. The van der Waals surface area contributed by atoms with E-state index in [9.17, 15) is 19.5 Å². The molecule has 2 amide bonds. The smallest absolute Gasteiger partial charge is 0.353 e. The van der Waals surface area contributed by atoms with Crippen LogP contribution >= 0.6 is 23.4 Å². The van der Waals surface area contributed by atoms with Crippen LogP contribution in [0.4, 0.5) is 0 Å². The summed E-state index contributed by atoms with van der Waals surface area (Å²) in [6, 6.07) is 8.47. The zero-order valence-electron chi connectivity index (χ0n) is 11.9. The molecule has 0 saturated carbocycles. The van der Waals surface area contributed by atoms with Crippen LogP contribution in [0.1, 0.15) is 5.56 Å². The number of thioether (sulfide) groups is 1. The molecule has 0 aromatic heterocycles. The van der Waals surface area contributed by atoms with Gasteiger partial charge in [-0.05, 0) is 5.56 Å². The van der Waals surface area contributed by atoms with Gasteiger partial charge < -0.3 is 10.4 Å². The van der Waals surface area contributed by atoms with Crippen LogP contribution in [0.5, 0.6) is 0 Å². The largest absolute Gasteiger partial charge is 0.477 e. The first kappa shape index (κ1) is 15.9. The molecule has 2 N–H and O–H groups in total. The molecule has 3 rings (SSSR count). The number of carbonyl (C=O) groups is 3. The Hall–Kier alpha value is -1.99. The molecule has 2 aliphatic heterocycles. The lowest BCUT2D eigenvalue weighted by Crippen LogP contribution is -2.70. The molecule has 8 heteroatoms. The lowest BCUT2D eigenvalue weighted by molar-refractivity contribution is -0.150. The number of rotatable bonds is 4. The monoisotopic (exact) mass is 352 g/mol. The minimum atomic E-state index is -1.23. The highest BCUT2D eigenvalue weighted by Crippen LogP contribution is 2.41. The van der Waals surface area contributed by atoms with Crippen LogP contribution in [0.25, 0.3) is 0 Å². The van der Waals surface area contributed by atoms with Crippen molar-refractivity contribution in [3.63, 3.8) is 0 Å². The Labute approximate surface area is 141 Å². The Morgan fingerprint density at radius 3 is 2.70 bits per heavy atom. The number of halogens is 1. The number of hydrogen-bond donors (Lipinski definition) is 2. The van der Waals surface area contributed by atoms with Gasteiger partial charge in [-0.3, -0.25) is 14.5 Å². The zero-order valence-corrected chi connectivity index (χ0v) is 13.4. The summed E-state index contributed by atoms with van der Waals surface area (Å²) in [7, 11) is 0. The third kappa shape index (κ3) is 2.94. The summed E-state index contributed by atoms with van der Waals surface area (Å²) < 4.78 is 0. The Morgan fingerprint density at radius 1 is 1.35 bits per heavy atom. The molecule has 1 saturated heterocycles. The summed E-state index contributed by atoms with van der Waals surface area (Å²) in [5.41, 5.74) is 0.660. The minimum absolute atomic E-state index is 0.140. The molecule has 120 valence electrons. The van der Waals surface area contributed by atoms with Gasteiger partial charge in [0.2, 0.25) is 5.91 Å². The molecule has 2 atom stereocenters. The third-order valence-corrected chi connectivity index (χ3v) is 5.40. The molecule has 2 unspecified atom stereocenters. The number of nitrogens with zero attached hydrogens (tertiary/aromatic N) is 1. The molecule has 2 heterocycles. The maximum absolute atomic E-state index is 12.2. The SMILES string of the molecule is O=C(Cc1ccccc1)NC1C(=O)N2C(C(=O)O)=C(Cl)CSC12. The van der Waals surface area contributed by atoms with Gasteiger partial charge in [-0.1, -0.05) is 41.9 Å². The van der Waals surface area contributed by atoms with E-state index in [0.29, 0.717) is 5.75 Å². The van der Waals surface area contributed by atoms with Crippen molar-refractivity contribution >= 4 is 41.1 Å². The first-order chi connectivity index (χ1) is 11.0. The van der Waals surface area contributed by atoms with Gasteiger partial charge in [-0.2, -0.15) is 0 Å². The number of β-lactam (4-membered cyclic amide) rings is 1. The van der Waals surface area contributed by atoms with Crippen molar-refractivity contribution in [2.45, 2.75) is 17.8 Å². The normalized spacial score (nSPS) is 23.2. The molecule has 1 fully saturated rings. The number of fused-ring (bicyclic) bond motifs is 1. The fraction of sp³-hybridized carbons (Fsp3) is 0.267. The van der Waals surface area contributed by atoms with E-state index in [4.69, 9.17) is 11.6 Å². The number of carboxylic acid groups (broad SMARTS) is 1. The molecule has 2 aliphatic rings. The number of benzene rings is 1. The summed E-state index contributed by atoms with van der Waals surface area (Å²) in [6.45, 7) is 0. The van der Waals surface area contributed by atoms with E-state index >= 15 is 0 Å². The fourth-order valence-corrected chi connectivity index (χ4v) is 4.14. The van der Waals surface area contributed by atoms with E-state index < -0.39 is 23.3 Å². The fourth-order valence-electron chi connectivity index (χ4n) is 2.59. The summed E-state index contributed by atoms with van der Waals surface area (Å²) in [5, 5.41) is 11.6. The van der Waals surface area contributed by atoms with Gasteiger partial charge in [0, 0.05) is 5.75 Å². The number of nitrogens with one attached hydrogen (secondary N) is 1. The van der Waals surface area contributed by atoms with Crippen LogP contribution in [-0.2, 0) is 20.8 Å². The quantitative estimate of drug-likeness (QED) is 0.794. The van der Waals surface area contributed by atoms with Gasteiger partial charge in [-0.25, -0.2) is 4.79 Å². The van der Waals surface area contributed by atoms with Gasteiger partial charge in [0.25, 0.3) is 5.91 Å². The summed E-state index contributed by atoms with van der Waals surface area (Å²) in [6.07, 6.45) is 0.171. The van der Waals surface area contributed by atoms with E-state index in [-0.39, 0.29) is 23.1 Å². The van der Waals surface area contributed by atoms with Crippen molar-refractivity contribution in [1.29, 1.82) is 0 Å². The second-order valence-corrected chi connectivity index (χ2v) is 6.74. The van der Waals surface area contributed by atoms with Gasteiger partial charge in [-0.15, -0.1) is 11.8 Å². The van der Waals surface area contributed by atoms with Gasteiger partial charge in [0.1, 0.15) is 17.1 Å². The number of amides is 2. The van der Waals surface area contributed by atoms with Crippen LogP contribution in [0.15, 0.2) is 41.1 Å². The Bertz CT molecular complexity index is 707. The molecular formula is C15H13ClN2O4S. The zero-order chi connectivity index (χ0) is 16.6. The Kier molecular flexibility index (Phi) is 4.32. The van der Waals surface area contributed by atoms with Gasteiger partial charge in [0.15, 0.2) is 0 Å². The first-order valence-electron chi connectivity index (χ1n) is 6.89. The molecule has 1 aromatic carbocycles. The molecule has 23 heavy (non-hydrogen) atoms. The third-order valence-electron chi connectivity index (χ3n) is 3.65. The van der Waals surface area contributed by atoms with Crippen LogP contribution in [-0.4, -0.2) is 45.0 Å². The lowest BCUT2D eigenvalue weighted by Gasteiger charge is -2.48. The average molecular weight is 353 g/mol. The lowest BCUT2D eigenvalue weighted by atomic mass is 10.0. The summed E-state index contributed by atoms with van der Waals surface area (Å²) in [4.78, 5) is 36.6. The van der Waals surface area contributed by atoms with E-state index in [2.05, 4.69) is 5.32 Å². The molecule has 0 bridgehead atoms. The van der Waals surface area contributed by atoms with Crippen molar-refractivity contribution in [1.82, 2.24) is 10.2 Å². The maximum atomic E-state index is 12.2. The average Bonchev–Trinajstić information content (AvgIpc) is 2.53. The highest BCUT2D eigenvalue weighted by molar-refractivity contribution is 8.00. The van der Waals surface area contributed by atoms with Gasteiger partial charge in [0.05, 0.1) is 11.5 Å². The highest BCUT2D eigenvalue weighted by atomic mass is 35.5. The standard InChI is InChI=1S/C15H13ClN2O4S/c16-9-7-23-14-11(13(20)18(14)12(9)15(21)22)17-10(19)6-8-4-2-1-3-5-8/h1-5,11,14H,6-7H2,(H,17,19)(H,21,22). The van der Waals surface area contributed by atoms with Crippen LogP contribution in [0, 0.1) is 0 Å². The number of carbonyl (C=O) groups excluding carboxylic acids is 2. The predicted octanol–water partition coefficient (Wildman–Crippen LogP) is 1.16. The molecule has 1 aromatic rings. The minimum Gasteiger partial charge on any atom is -0.477 e. The topological polar surface area (TPSA) is 86.7 Å². The number of aliphatic carboxylic acids is 1. The van der Waals surface area contributed by atoms with E-state index in [0.717, 1.165) is 10.5 Å². The first-order valence-corrected chi connectivity index (χ1v) is 8.31. The van der Waals surface area contributed by atoms with Crippen LogP contribution < -0.4 is 5.32 Å². The number of carboxylic acids is 1. The van der Waals surface area contributed by atoms with Crippen molar-refractivity contribution in [2.75, 3.05) is 5.75 Å². The molecule has 6 nitrogen and oxygen atoms in total. The van der Waals surface area contributed by atoms with E-state index in [1.165, 1.54) is 11.8 Å².